The smallest absolute Gasteiger partial charge is 0.326 e. The van der Waals surface area contributed by atoms with Crippen molar-refractivity contribution in [3.8, 4) is 5.75 Å². The Bertz CT molecular complexity index is 2210. The zero-order chi connectivity index (χ0) is 47.2. The second-order valence-electron chi connectivity index (χ2n) is 16.4. The highest BCUT2D eigenvalue weighted by molar-refractivity contribution is 5.97. The SMILES string of the molecule is COc1ccc([C@H]2N[C@H](C(=O)N[C@@H](CCC(N)=O)C(=O)N[C@@H](CCCN=C(N)N)C(=O)N3CCC[C@H]3C(=O)N[C@@H](C)C(=O)N[C@@H](CCCCN)C(=O)O)Cc3c2[nH]c2ccccc32)cc1. The predicted octanol–water partition coefficient (Wildman–Crippen LogP) is -0.737. The Morgan fingerprint density at radius 1 is 0.862 bits per heavy atom. The zero-order valence-electron chi connectivity index (χ0n) is 36.8. The number of hydrogen-bond donors (Lipinski definition) is 11. The molecule has 7 atom stereocenters. The van der Waals surface area contributed by atoms with Gasteiger partial charge in [0.05, 0.1) is 19.2 Å². The largest absolute Gasteiger partial charge is 0.497 e. The average Bonchev–Trinajstić information content (AvgIpc) is 3.93. The highest BCUT2D eigenvalue weighted by atomic mass is 16.5. The number of nitrogens with zero attached hydrogens (tertiary/aromatic N) is 2. The number of primary amides is 1. The number of aromatic amines is 1. The molecule has 0 saturated carbocycles. The number of amides is 6. The molecule has 1 saturated heterocycles. The number of carbonyl (C=O) groups excluding carboxylic acids is 6. The molecule has 6 amide bonds. The van der Waals surface area contributed by atoms with Gasteiger partial charge >= 0.3 is 5.97 Å². The number of nitrogens with two attached hydrogens (primary N) is 4. The fourth-order valence-corrected chi connectivity index (χ4v) is 8.25. The van der Waals surface area contributed by atoms with E-state index in [1.165, 1.54) is 11.8 Å². The summed E-state index contributed by atoms with van der Waals surface area (Å²) in [6.45, 7) is 2.04. The van der Waals surface area contributed by atoms with Gasteiger partial charge < -0.3 is 63.9 Å². The number of nitrogens with one attached hydrogen (secondary N) is 6. The summed E-state index contributed by atoms with van der Waals surface area (Å²) in [6.07, 6.45) is 1.97. The van der Waals surface area contributed by atoms with E-state index in [-0.39, 0.29) is 64.0 Å². The van der Waals surface area contributed by atoms with Gasteiger partial charge in [-0.15, -0.1) is 0 Å². The van der Waals surface area contributed by atoms with Gasteiger partial charge in [-0.2, -0.15) is 0 Å². The van der Waals surface area contributed by atoms with Crippen LogP contribution < -0.4 is 54.3 Å². The van der Waals surface area contributed by atoms with E-state index in [4.69, 9.17) is 27.7 Å². The minimum atomic E-state index is -1.31. The van der Waals surface area contributed by atoms with Crippen molar-refractivity contribution < 1.29 is 43.4 Å². The molecule has 1 fully saturated rings. The van der Waals surface area contributed by atoms with E-state index in [1.54, 1.807) is 7.11 Å². The molecule has 0 radical (unpaired) electrons. The highest BCUT2D eigenvalue weighted by Gasteiger charge is 2.40. The molecule has 3 aromatic rings. The topological polar surface area (TPSA) is 345 Å². The molecule has 0 unspecified atom stereocenters. The van der Waals surface area contributed by atoms with E-state index in [0.29, 0.717) is 31.6 Å². The molecule has 2 aromatic carbocycles. The first-order chi connectivity index (χ1) is 31.1. The lowest BCUT2D eigenvalue weighted by molar-refractivity contribution is -0.143. The van der Waals surface area contributed by atoms with Crippen LogP contribution in [0.15, 0.2) is 53.5 Å². The maximum Gasteiger partial charge on any atom is 0.326 e. The minimum Gasteiger partial charge on any atom is -0.497 e. The van der Waals surface area contributed by atoms with Crippen LogP contribution in [0.3, 0.4) is 0 Å². The number of guanidine groups is 1. The van der Waals surface area contributed by atoms with Gasteiger partial charge in [0.25, 0.3) is 0 Å². The molecule has 21 nitrogen and oxygen atoms in total. The second-order valence-corrected chi connectivity index (χ2v) is 16.4. The van der Waals surface area contributed by atoms with Gasteiger partial charge in [-0.05, 0) is 101 Å². The first kappa shape index (κ1) is 49.3. The molecule has 3 heterocycles. The number of ether oxygens (including phenoxy) is 1. The summed E-state index contributed by atoms with van der Waals surface area (Å²) in [5.41, 5.74) is 25.6. The van der Waals surface area contributed by atoms with E-state index >= 15 is 0 Å². The summed E-state index contributed by atoms with van der Waals surface area (Å²) in [6, 6.07) is 8.02. The quantitative estimate of drug-likeness (QED) is 0.0318. The number of aliphatic imine (C=N–C) groups is 1. The van der Waals surface area contributed by atoms with Crippen molar-refractivity contribution in [2.45, 2.75) is 113 Å². The van der Waals surface area contributed by atoms with Crippen molar-refractivity contribution in [1.29, 1.82) is 0 Å². The van der Waals surface area contributed by atoms with E-state index in [1.807, 2.05) is 48.5 Å². The number of fused-ring (bicyclic) bond motifs is 3. The molecule has 352 valence electrons. The molecule has 0 aliphatic carbocycles. The summed E-state index contributed by atoms with van der Waals surface area (Å²) < 4.78 is 5.36. The summed E-state index contributed by atoms with van der Waals surface area (Å²) in [7, 11) is 1.57. The third-order valence-electron chi connectivity index (χ3n) is 11.7. The fraction of sp³-hybridized carbons (Fsp3) is 0.500. The average molecular weight is 903 g/mol. The number of methoxy groups -OCH3 is 1. The van der Waals surface area contributed by atoms with Gasteiger partial charge in [0.1, 0.15) is 36.0 Å². The third kappa shape index (κ3) is 13.2. The number of carbonyl (C=O) groups is 7. The fourth-order valence-electron chi connectivity index (χ4n) is 8.25. The van der Waals surface area contributed by atoms with E-state index in [2.05, 4.69) is 36.6 Å². The van der Waals surface area contributed by atoms with Crippen molar-refractivity contribution in [3.63, 3.8) is 0 Å². The molecular weight excluding hydrogens is 841 g/mol. The lowest BCUT2D eigenvalue weighted by Gasteiger charge is -2.33. The first-order valence-corrected chi connectivity index (χ1v) is 21.9. The Kier molecular flexibility index (Phi) is 17.6. The number of carboxylic acid groups (broad SMARTS) is 1. The van der Waals surface area contributed by atoms with Gasteiger partial charge in [-0.1, -0.05) is 30.3 Å². The Morgan fingerprint density at radius 2 is 1.57 bits per heavy atom. The van der Waals surface area contributed by atoms with Crippen molar-refractivity contribution in [3.05, 3.63) is 65.4 Å². The lowest BCUT2D eigenvalue weighted by atomic mass is 9.89. The molecule has 15 N–H and O–H groups in total. The molecule has 0 bridgehead atoms. The van der Waals surface area contributed by atoms with E-state index in [0.717, 1.165) is 27.7 Å². The number of carboxylic acids is 1. The zero-order valence-corrected chi connectivity index (χ0v) is 36.8. The first-order valence-electron chi connectivity index (χ1n) is 21.9. The maximum atomic E-state index is 14.4. The monoisotopic (exact) mass is 902 g/mol. The molecule has 2 aliphatic heterocycles. The van der Waals surface area contributed by atoms with Gasteiger partial charge in [0, 0.05) is 36.1 Å². The number of aromatic nitrogens is 1. The van der Waals surface area contributed by atoms with Crippen LogP contribution >= 0.6 is 0 Å². The Morgan fingerprint density at radius 3 is 2.25 bits per heavy atom. The molecule has 2 aliphatic rings. The summed E-state index contributed by atoms with van der Waals surface area (Å²) in [5.74, 6) is -4.70. The number of aliphatic carboxylic acids is 1. The molecule has 5 rings (SSSR count). The number of H-pyrrole nitrogens is 1. The number of unbranched alkanes of at least 4 members (excludes halogenated alkanes) is 1. The third-order valence-corrected chi connectivity index (χ3v) is 11.7. The van der Waals surface area contributed by atoms with E-state index in [9.17, 15) is 38.7 Å². The van der Waals surface area contributed by atoms with Crippen LogP contribution in [0, 0.1) is 0 Å². The summed E-state index contributed by atoms with van der Waals surface area (Å²) >= 11 is 0. The molecular formula is C44H62N12O9. The van der Waals surface area contributed by atoms with Crippen LogP contribution in [0.2, 0.25) is 0 Å². The van der Waals surface area contributed by atoms with Gasteiger partial charge in [-0.3, -0.25) is 39.1 Å². The van der Waals surface area contributed by atoms with Gasteiger partial charge in [0.15, 0.2) is 5.96 Å². The van der Waals surface area contributed by atoms with E-state index < -0.39 is 83.7 Å². The van der Waals surface area contributed by atoms with Crippen molar-refractivity contribution in [2.24, 2.45) is 27.9 Å². The second kappa shape index (κ2) is 23.3. The van der Waals surface area contributed by atoms with Crippen molar-refractivity contribution in [2.75, 3.05) is 26.7 Å². The van der Waals surface area contributed by atoms with Crippen LogP contribution in [0.1, 0.15) is 87.6 Å². The molecule has 21 heteroatoms. The van der Waals surface area contributed by atoms with Crippen molar-refractivity contribution in [1.82, 2.24) is 36.5 Å². The number of benzene rings is 2. The number of rotatable bonds is 23. The predicted molar refractivity (Wildman–Crippen MR) is 241 cm³/mol. The summed E-state index contributed by atoms with van der Waals surface area (Å²) in [5, 5.41) is 24.6. The lowest BCUT2D eigenvalue weighted by Crippen LogP contribution is -2.59. The normalized spacial score (nSPS) is 18.6. The van der Waals surface area contributed by atoms with Crippen LogP contribution in [0.5, 0.6) is 5.75 Å². The van der Waals surface area contributed by atoms with Crippen LogP contribution in [0.25, 0.3) is 10.9 Å². The molecule has 65 heavy (non-hydrogen) atoms. The maximum absolute atomic E-state index is 14.4. The number of likely N-dealkylation sites (tertiary alicyclic amines) is 1. The van der Waals surface area contributed by atoms with Crippen molar-refractivity contribution >= 4 is 58.3 Å². The van der Waals surface area contributed by atoms with Crippen LogP contribution in [-0.2, 0) is 40.0 Å². The Hall–Kier alpha value is -6.74. The minimum absolute atomic E-state index is 0.0271. The Labute approximate surface area is 376 Å². The van der Waals surface area contributed by atoms with Gasteiger partial charge in [0.2, 0.25) is 35.4 Å². The number of hydrogen-bond acceptors (Lipinski definition) is 11. The number of para-hydroxylation sites is 1. The van der Waals surface area contributed by atoms with Crippen LogP contribution in [0.4, 0.5) is 0 Å². The standard InChI is InChI=1S/C44H62N12O9/c1-24(38(58)55-32(43(63)64)11-5-6-20-45)50-41(61)34-13-8-22-56(34)42(62)31(12-7-21-49-44(47)48)54-39(59)30(18-19-35(46)57)53-40(60)33-23-28-27-9-3-4-10-29(27)51-37(28)36(52-33)25-14-16-26(65-2)17-15-25/h3-4,9-10,14-17,24,30-34,36,51-52H,5-8,11-13,18-23,45H2,1-2H3,(H2,46,57)(H,50,61)(H,53,60)(H,54,59)(H,55,58)(H,63,64)(H4,47,48,49)/t24-,30-,31-,32-,33-,34-,36+/m0/s1. The van der Waals surface area contributed by atoms with Gasteiger partial charge in [-0.25, -0.2) is 4.79 Å². The molecule has 0 spiro atoms. The molecule has 1 aromatic heterocycles. The Balaban J connectivity index is 1.33. The highest BCUT2D eigenvalue weighted by Crippen LogP contribution is 2.36. The summed E-state index contributed by atoms with van der Waals surface area (Å²) in [4.78, 5) is 102. The van der Waals surface area contributed by atoms with Crippen LogP contribution in [-0.4, -0.2) is 125 Å².